The molecule has 0 aliphatic carbocycles. The lowest BCUT2D eigenvalue weighted by atomic mass is 9.96. The summed E-state index contributed by atoms with van der Waals surface area (Å²) in [6.45, 7) is 2.26. The monoisotopic (exact) mass is 150 g/mol. The average Bonchev–Trinajstić information content (AvgIpc) is 1.95. The van der Waals surface area contributed by atoms with Gasteiger partial charge >= 0.3 is 0 Å². The van der Waals surface area contributed by atoms with Crippen LogP contribution in [0.2, 0.25) is 0 Å². The smallest absolute Gasteiger partial charge is 0.164 e. The van der Waals surface area contributed by atoms with Crippen molar-refractivity contribution in [3.05, 3.63) is 24.0 Å². The van der Waals surface area contributed by atoms with Crippen molar-refractivity contribution in [2.45, 2.75) is 6.92 Å². The first-order valence-corrected chi connectivity index (χ1v) is 3.42. The summed E-state index contributed by atoms with van der Waals surface area (Å²) in [6, 6.07) is 4.37. The van der Waals surface area contributed by atoms with E-state index in [1.54, 1.807) is 13.0 Å². The molecular formula is C8H8BFO. The van der Waals surface area contributed by atoms with Crippen LogP contribution < -0.4 is 10.2 Å². The Morgan fingerprint density at radius 2 is 2.27 bits per heavy atom. The van der Waals surface area contributed by atoms with E-state index in [2.05, 4.69) is 0 Å². The van der Waals surface area contributed by atoms with Gasteiger partial charge in [-0.25, -0.2) is 4.39 Å². The van der Waals surface area contributed by atoms with E-state index in [4.69, 9.17) is 12.6 Å². The third kappa shape index (κ3) is 1.97. The minimum atomic E-state index is -0.410. The molecule has 1 aromatic carbocycles. The van der Waals surface area contributed by atoms with Crippen molar-refractivity contribution in [2.24, 2.45) is 0 Å². The van der Waals surface area contributed by atoms with E-state index in [0.29, 0.717) is 12.1 Å². The van der Waals surface area contributed by atoms with Gasteiger partial charge in [-0.3, -0.25) is 0 Å². The normalized spacial score (nSPS) is 9.64. The zero-order chi connectivity index (χ0) is 8.27. The molecule has 0 unspecified atom stereocenters. The Morgan fingerprint density at radius 1 is 1.55 bits per heavy atom. The lowest BCUT2D eigenvalue weighted by molar-refractivity contribution is 0.322. The largest absolute Gasteiger partial charge is 0.491 e. The van der Waals surface area contributed by atoms with Gasteiger partial charge in [-0.15, -0.1) is 0 Å². The van der Waals surface area contributed by atoms with Crippen LogP contribution in [0.15, 0.2) is 18.2 Å². The quantitative estimate of drug-likeness (QED) is 0.571. The zero-order valence-electron chi connectivity index (χ0n) is 6.30. The summed E-state index contributed by atoms with van der Waals surface area (Å²) in [6.07, 6.45) is 0. The van der Waals surface area contributed by atoms with Crippen LogP contribution in [-0.4, -0.2) is 14.5 Å². The van der Waals surface area contributed by atoms with Crippen LogP contribution in [0.25, 0.3) is 0 Å². The lowest BCUT2D eigenvalue weighted by Gasteiger charge is -2.03. The first-order chi connectivity index (χ1) is 5.24. The van der Waals surface area contributed by atoms with Crippen molar-refractivity contribution in [1.29, 1.82) is 0 Å². The van der Waals surface area contributed by atoms with Crippen molar-refractivity contribution < 1.29 is 9.13 Å². The van der Waals surface area contributed by atoms with Crippen LogP contribution in [0, 0.1) is 5.82 Å². The summed E-state index contributed by atoms with van der Waals surface area (Å²) in [4.78, 5) is 0. The van der Waals surface area contributed by atoms with Crippen molar-refractivity contribution in [1.82, 2.24) is 0 Å². The molecule has 0 bridgehead atoms. The number of ether oxygens (including phenoxy) is 1. The van der Waals surface area contributed by atoms with E-state index in [-0.39, 0.29) is 5.75 Å². The molecule has 0 fully saturated rings. The third-order valence-corrected chi connectivity index (χ3v) is 1.26. The molecule has 56 valence electrons. The van der Waals surface area contributed by atoms with Crippen LogP contribution in [0.1, 0.15) is 6.92 Å². The van der Waals surface area contributed by atoms with Crippen molar-refractivity contribution in [3.63, 3.8) is 0 Å². The lowest BCUT2D eigenvalue weighted by Crippen LogP contribution is -2.04. The second-order valence-electron chi connectivity index (χ2n) is 2.12. The van der Waals surface area contributed by atoms with E-state index in [0.717, 1.165) is 0 Å². The fourth-order valence-electron chi connectivity index (χ4n) is 0.790. The molecule has 1 rings (SSSR count). The molecule has 0 amide bonds. The summed E-state index contributed by atoms with van der Waals surface area (Å²) in [5.41, 5.74) is 0.408. The molecule has 3 heteroatoms. The predicted molar refractivity (Wildman–Crippen MR) is 43.0 cm³/mol. The Morgan fingerprint density at radius 3 is 2.82 bits per heavy atom. The Balaban J connectivity index is 2.90. The van der Waals surface area contributed by atoms with Gasteiger partial charge in [0, 0.05) is 0 Å². The standard InChI is InChI=1S/C8H8BFO/c1-2-11-8-4-3-6(9)5-7(8)10/h3-5H,2H2,1H3. The van der Waals surface area contributed by atoms with Crippen molar-refractivity contribution in [3.8, 4) is 5.75 Å². The molecule has 0 aromatic heterocycles. The first kappa shape index (κ1) is 8.11. The second-order valence-corrected chi connectivity index (χ2v) is 2.12. The number of rotatable bonds is 2. The topological polar surface area (TPSA) is 9.23 Å². The van der Waals surface area contributed by atoms with Gasteiger partial charge in [-0.05, 0) is 19.1 Å². The van der Waals surface area contributed by atoms with E-state index in [1.807, 2.05) is 0 Å². The van der Waals surface area contributed by atoms with Gasteiger partial charge in [0.2, 0.25) is 0 Å². The fraction of sp³-hybridized carbons (Fsp3) is 0.250. The summed E-state index contributed by atoms with van der Waals surface area (Å²) in [7, 11) is 5.33. The van der Waals surface area contributed by atoms with Crippen LogP contribution in [0.5, 0.6) is 5.75 Å². The molecule has 0 N–H and O–H groups in total. The summed E-state index contributed by atoms with van der Waals surface area (Å²) < 4.78 is 17.8. The third-order valence-electron chi connectivity index (χ3n) is 1.26. The maximum atomic E-state index is 12.8. The Kier molecular flexibility index (Phi) is 2.52. The molecule has 1 nitrogen and oxygen atoms in total. The second kappa shape index (κ2) is 3.42. The molecule has 0 saturated carbocycles. The molecule has 0 saturated heterocycles. The molecule has 0 aliphatic rings. The molecule has 11 heavy (non-hydrogen) atoms. The van der Waals surface area contributed by atoms with Gasteiger partial charge < -0.3 is 4.74 Å². The minimum absolute atomic E-state index is 0.252. The highest BCUT2D eigenvalue weighted by atomic mass is 19.1. The van der Waals surface area contributed by atoms with Crippen LogP contribution in [0.4, 0.5) is 4.39 Å². The highest BCUT2D eigenvalue weighted by Gasteiger charge is 2.00. The number of halogens is 1. The predicted octanol–water partition coefficient (Wildman–Crippen LogP) is 1.02. The first-order valence-electron chi connectivity index (χ1n) is 3.42. The van der Waals surface area contributed by atoms with Gasteiger partial charge in [0.15, 0.2) is 11.6 Å². The molecule has 0 spiro atoms. The number of benzene rings is 1. The van der Waals surface area contributed by atoms with Crippen LogP contribution in [0.3, 0.4) is 0 Å². The van der Waals surface area contributed by atoms with Crippen molar-refractivity contribution in [2.75, 3.05) is 6.61 Å². The molecule has 0 atom stereocenters. The van der Waals surface area contributed by atoms with Gasteiger partial charge in [-0.2, -0.15) is 0 Å². The molecular weight excluding hydrogens is 142 g/mol. The van der Waals surface area contributed by atoms with E-state index >= 15 is 0 Å². The van der Waals surface area contributed by atoms with E-state index in [1.165, 1.54) is 12.1 Å². The van der Waals surface area contributed by atoms with Crippen molar-refractivity contribution >= 4 is 13.3 Å². The average molecular weight is 150 g/mol. The summed E-state index contributed by atoms with van der Waals surface area (Å²) >= 11 is 0. The SMILES string of the molecule is [B]c1ccc(OCC)c(F)c1. The van der Waals surface area contributed by atoms with Gasteiger partial charge in [-0.1, -0.05) is 11.5 Å². The molecule has 0 heterocycles. The highest BCUT2D eigenvalue weighted by Crippen LogP contribution is 2.13. The Labute approximate surface area is 66.6 Å². The minimum Gasteiger partial charge on any atom is -0.491 e. The maximum Gasteiger partial charge on any atom is 0.164 e. The fourth-order valence-corrected chi connectivity index (χ4v) is 0.790. The van der Waals surface area contributed by atoms with E-state index in [9.17, 15) is 4.39 Å². The number of hydrogen-bond donors (Lipinski definition) is 0. The molecule has 1 aromatic rings. The Bertz CT molecular complexity index is 250. The summed E-state index contributed by atoms with van der Waals surface area (Å²) in [5.74, 6) is -0.159. The summed E-state index contributed by atoms with van der Waals surface area (Å²) in [5, 5.41) is 0. The Hall–Kier alpha value is -0.985. The van der Waals surface area contributed by atoms with E-state index < -0.39 is 5.82 Å². The van der Waals surface area contributed by atoms with Gasteiger partial charge in [0.25, 0.3) is 0 Å². The molecule has 0 aliphatic heterocycles. The van der Waals surface area contributed by atoms with Crippen LogP contribution >= 0.6 is 0 Å². The highest BCUT2D eigenvalue weighted by molar-refractivity contribution is 6.32. The van der Waals surface area contributed by atoms with Gasteiger partial charge in [0.05, 0.1) is 6.61 Å². The zero-order valence-corrected chi connectivity index (χ0v) is 6.30. The van der Waals surface area contributed by atoms with Crippen LogP contribution in [-0.2, 0) is 0 Å². The molecule has 2 radical (unpaired) electrons. The number of hydrogen-bond acceptors (Lipinski definition) is 1. The maximum absolute atomic E-state index is 12.8. The van der Waals surface area contributed by atoms with Gasteiger partial charge in [0.1, 0.15) is 7.85 Å².